The molecule has 0 fully saturated rings. The third-order valence-corrected chi connectivity index (χ3v) is 4.28. The predicted molar refractivity (Wildman–Crippen MR) is 90.0 cm³/mol. The largest absolute Gasteiger partial charge is 0.481 e. The van der Waals surface area contributed by atoms with Gasteiger partial charge in [-0.3, -0.25) is 9.59 Å². The van der Waals surface area contributed by atoms with E-state index in [0.717, 1.165) is 5.69 Å². The van der Waals surface area contributed by atoms with Crippen LogP contribution in [0.15, 0.2) is 35.8 Å². The second-order valence-corrected chi connectivity index (χ2v) is 7.15. The number of benzene rings is 1. The Bertz CT molecular complexity index is 689. The van der Waals surface area contributed by atoms with Gasteiger partial charge in [-0.05, 0) is 5.56 Å². The molecule has 1 atom stereocenters. The molecule has 2 aromatic rings. The van der Waals surface area contributed by atoms with Gasteiger partial charge in [0.25, 0.3) is 5.91 Å². The summed E-state index contributed by atoms with van der Waals surface area (Å²) in [5.41, 5.74) is 2.80. The number of hydrogen-bond donors (Lipinski definition) is 2. The molecular formula is C17H20N2O3S. The summed E-state index contributed by atoms with van der Waals surface area (Å²) >= 11 is 1.27. The lowest BCUT2D eigenvalue weighted by Crippen LogP contribution is -2.32. The van der Waals surface area contributed by atoms with Crippen LogP contribution in [-0.2, 0) is 10.2 Å². The molecule has 0 radical (unpaired) electrons. The van der Waals surface area contributed by atoms with Gasteiger partial charge in [0.05, 0.1) is 17.1 Å². The quantitative estimate of drug-likeness (QED) is 0.882. The van der Waals surface area contributed by atoms with E-state index < -0.39 is 11.9 Å². The van der Waals surface area contributed by atoms with Crippen molar-refractivity contribution in [2.45, 2.75) is 32.1 Å². The number of nitrogens with one attached hydrogen (secondary N) is 1. The van der Waals surface area contributed by atoms with Gasteiger partial charge in [-0.25, -0.2) is 4.98 Å². The van der Waals surface area contributed by atoms with Crippen molar-refractivity contribution in [2.75, 3.05) is 6.54 Å². The third-order valence-electron chi connectivity index (χ3n) is 3.45. The number of carboxylic acids is 1. The summed E-state index contributed by atoms with van der Waals surface area (Å²) < 4.78 is 0. The van der Waals surface area contributed by atoms with Crippen LogP contribution in [0.1, 0.15) is 47.6 Å². The van der Waals surface area contributed by atoms with Crippen LogP contribution in [0.25, 0.3) is 0 Å². The summed E-state index contributed by atoms with van der Waals surface area (Å²) in [5.74, 6) is -2.01. The van der Waals surface area contributed by atoms with Crippen LogP contribution in [0.3, 0.4) is 0 Å². The van der Waals surface area contributed by atoms with Gasteiger partial charge >= 0.3 is 5.97 Å². The maximum Gasteiger partial charge on any atom is 0.312 e. The van der Waals surface area contributed by atoms with Gasteiger partial charge in [-0.1, -0.05) is 51.1 Å². The fourth-order valence-corrected chi connectivity index (χ4v) is 3.16. The molecule has 2 rings (SSSR count). The SMILES string of the molecule is CC(C)(C)c1ncsc1C(=O)NC[C@@H](C(=O)O)c1ccccc1. The first kappa shape index (κ1) is 17.1. The Kier molecular flexibility index (Phi) is 5.15. The first-order chi connectivity index (χ1) is 10.8. The number of rotatable bonds is 5. The van der Waals surface area contributed by atoms with Crippen LogP contribution in [0.2, 0.25) is 0 Å². The number of carboxylic acid groups (broad SMARTS) is 1. The van der Waals surface area contributed by atoms with E-state index in [1.54, 1.807) is 29.8 Å². The number of carbonyl (C=O) groups excluding carboxylic acids is 1. The van der Waals surface area contributed by atoms with Crippen LogP contribution < -0.4 is 5.32 Å². The Labute approximate surface area is 139 Å². The Balaban J connectivity index is 2.12. The predicted octanol–water partition coefficient (Wildman–Crippen LogP) is 3.04. The number of aromatic nitrogens is 1. The maximum atomic E-state index is 12.4. The minimum atomic E-state index is -0.961. The van der Waals surface area contributed by atoms with Crippen molar-refractivity contribution in [3.63, 3.8) is 0 Å². The fraction of sp³-hybridized carbons (Fsp3) is 0.353. The summed E-state index contributed by atoms with van der Waals surface area (Å²) in [6.45, 7) is 6.01. The molecule has 0 saturated carbocycles. The molecule has 0 saturated heterocycles. The van der Waals surface area contributed by atoms with Gasteiger partial charge in [0.15, 0.2) is 0 Å². The second-order valence-electron chi connectivity index (χ2n) is 6.29. The van der Waals surface area contributed by atoms with Crippen molar-refractivity contribution in [1.82, 2.24) is 10.3 Å². The molecule has 0 aliphatic carbocycles. The number of thiazole rings is 1. The second kappa shape index (κ2) is 6.91. The highest BCUT2D eigenvalue weighted by Gasteiger charge is 2.26. The van der Waals surface area contributed by atoms with Crippen LogP contribution >= 0.6 is 11.3 Å². The van der Waals surface area contributed by atoms with E-state index in [1.807, 2.05) is 26.8 Å². The zero-order valence-electron chi connectivity index (χ0n) is 13.4. The number of hydrogen-bond acceptors (Lipinski definition) is 4. The zero-order valence-corrected chi connectivity index (χ0v) is 14.2. The van der Waals surface area contributed by atoms with Gasteiger partial charge in [0.1, 0.15) is 4.88 Å². The van der Waals surface area contributed by atoms with E-state index in [2.05, 4.69) is 10.3 Å². The molecule has 1 aromatic heterocycles. The molecule has 0 aliphatic heterocycles. The average Bonchev–Trinajstić information content (AvgIpc) is 2.97. The van der Waals surface area contributed by atoms with Crippen molar-refractivity contribution in [2.24, 2.45) is 0 Å². The first-order valence-corrected chi connectivity index (χ1v) is 8.18. The molecular weight excluding hydrogens is 312 g/mol. The number of aliphatic carboxylic acids is 1. The normalized spacial score (nSPS) is 12.7. The molecule has 0 aliphatic rings. The first-order valence-electron chi connectivity index (χ1n) is 7.30. The van der Waals surface area contributed by atoms with Gasteiger partial charge in [-0.15, -0.1) is 11.3 Å². The molecule has 122 valence electrons. The Morgan fingerprint density at radius 1 is 1.26 bits per heavy atom. The minimum absolute atomic E-state index is 0.0413. The molecule has 2 N–H and O–H groups in total. The molecule has 1 amide bonds. The van der Waals surface area contributed by atoms with E-state index in [-0.39, 0.29) is 17.9 Å². The smallest absolute Gasteiger partial charge is 0.312 e. The number of amides is 1. The van der Waals surface area contributed by atoms with Gasteiger partial charge in [-0.2, -0.15) is 0 Å². The van der Waals surface area contributed by atoms with Crippen molar-refractivity contribution in [3.8, 4) is 0 Å². The van der Waals surface area contributed by atoms with Crippen LogP contribution in [0.5, 0.6) is 0 Å². The molecule has 0 bridgehead atoms. The van der Waals surface area contributed by atoms with E-state index in [4.69, 9.17) is 0 Å². The molecule has 0 spiro atoms. The van der Waals surface area contributed by atoms with Crippen LogP contribution in [0, 0.1) is 0 Å². The summed E-state index contributed by atoms with van der Waals surface area (Å²) in [6, 6.07) is 8.90. The molecule has 0 unspecified atom stereocenters. The number of carbonyl (C=O) groups is 2. The topological polar surface area (TPSA) is 79.3 Å². The van der Waals surface area contributed by atoms with E-state index in [0.29, 0.717) is 10.4 Å². The van der Waals surface area contributed by atoms with Crippen molar-refractivity contribution >= 4 is 23.2 Å². The third kappa shape index (κ3) is 4.16. The van der Waals surface area contributed by atoms with Crippen LogP contribution in [0.4, 0.5) is 0 Å². The highest BCUT2D eigenvalue weighted by Crippen LogP contribution is 2.27. The fourth-order valence-electron chi connectivity index (χ4n) is 2.25. The van der Waals surface area contributed by atoms with Gasteiger partial charge < -0.3 is 10.4 Å². The van der Waals surface area contributed by atoms with Gasteiger partial charge in [0.2, 0.25) is 0 Å². The highest BCUT2D eigenvalue weighted by molar-refractivity contribution is 7.11. The monoisotopic (exact) mass is 332 g/mol. The summed E-state index contributed by atoms with van der Waals surface area (Å²) in [7, 11) is 0. The van der Waals surface area contributed by atoms with Crippen molar-refractivity contribution < 1.29 is 14.7 Å². The van der Waals surface area contributed by atoms with Gasteiger partial charge in [0, 0.05) is 12.0 Å². The summed E-state index contributed by atoms with van der Waals surface area (Å²) in [4.78, 5) is 28.7. The Morgan fingerprint density at radius 2 is 1.91 bits per heavy atom. The van der Waals surface area contributed by atoms with E-state index in [1.165, 1.54) is 11.3 Å². The molecule has 1 aromatic carbocycles. The summed E-state index contributed by atoms with van der Waals surface area (Å²) in [5, 5.41) is 12.1. The van der Waals surface area contributed by atoms with E-state index >= 15 is 0 Å². The molecule has 5 nitrogen and oxygen atoms in total. The summed E-state index contributed by atoms with van der Waals surface area (Å²) in [6.07, 6.45) is 0. The molecule has 23 heavy (non-hydrogen) atoms. The molecule has 6 heteroatoms. The Morgan fingerprint density at radius 3 is 2.48 bits per heavy atom. The number of nitrogens with zero attached hydrogens (tertiary/aromatic N) is 1. The van der Waals surface area contributed by atoms with Crippen LogP contribution in [-0.4, -0.2) is 28.5 Å². The molecule has 1 heterocycles. The van der Waals surface area contributed by atoms with Crippen molar-refractivity contribution in [1.29, 1.82) is 0 Å². The zero-order chi connectivity index (χ0) is 17.0. The lowest BCUT2D eigenvalue weighted by Gasteiger charge is -2.18. The average molecular weight is 332 g/mol. The van der Waals surface area contributed by atoms with E-state index in [9.17, 15) is 14.7 Å². The minimum Gasteiger partial charge on any atom is -0.481 e. The Hall–Kier alpha value is -2.21. The lowest BCUT2D eigenvalue weighted by molar-refractivity contribution is -0.138. The van der Waals surface area contributed by atoms with Crippen molar-refractivity contribution in [3.05, 3.63) is 52.0 Å². The maximum absolute atomic E-state index is 12.4. The lowest BCUT2D eigenvalue weighted by atomic mass is 9.91. The highest BCUT2D eigenvalue weighted by atomic mass is 32.1. The standard InChI is InChI=1S/C17H20N2O3S/c1-17(2,3)14-13(23-10-19-14)15(20)18-9-12(16(21)22)11-7-5-4-6-8-11/h4-8,10,12H,9H2,1-3H3,(H,18,20)(H,21,22)/t12-/m1/s1.